The van der Waals surface area contributed by atoms with Crippen molar-refractivity contribution in [3.63, 3.8) is 0 Å². The normalized spacial score (nSPS) is 12.1. The number of hydrogen-bond donors (Lipinski definition) is 1. The van der Waals surface area contributed by atoms with E-state index < -0.39 is 5.82 Å². The molecular weight excluding hydrogens is 461 g/mol. The Morgan fingerprint density at radius 3 is 2.71 bits per heavy atom. The van der Waals surface area contributed by atoms with Crippen LogP contribution < -0.4 is 10.1 Å². The highest BCUT2D eigenvalue weighted by Crippen LogP contribution is 2.32. The van der Waals surface area contributed by atoms with Gasteiger partial charge in [-0.1, -0.05) is 17.7 Å². The maximum Gasteiger partial charge on any atom is 0.239 e. The van der Waals surface area contributed by atoms with Crippen LogP contribution >= 0.6 is 11.6 Å². The number of ether oxygens (including phenoxy) is 2. The number of methoxy groups -OCH3 is 2. The monoisotopic (exact) mass is 489 g/mol. The highest BCUT2D eigenvalue weighted by Gasteiger charge is 2.23. The molecule has 10 heteroatoms. The number of amides is 1. The van der Waals surface area contributed by atoms with Crippen LogP contribution in [0.25, 0.3) is 10.9 Å². The summed E-state index contributed by atoms with van der Waals surface area (Å²) < 4.78 is 25.1. The Balaban J connectivity index is 1.91. The van der Waals surface area contributed by atoms with Crippen molar-refractivity contribution in [1.82, 2.24) is 19.8 Å². The van der Waals surface area contributed by atoms with Crippen LogP contribution in [0.3, 0.4) is 0 Å². The molecule has 1 heterocycles. The Morgan fingerprint density at radius 2 is 2.00 bits per heavy atom. The molecule has 34 heavy (non-hydrogen) atoms. The van der Waals surface area contributed by atoms with Crippen LogP contribution in [0.4, 0.5) is 15.9 Å². The number of fused-ring (bicyclic) bond motifs is 1. The van der Waals surface area contributed by atoms with E-state index in [1.165, 1.54) is 12.4 Å². The zero-order valence-corrected chi connectivity index (χ0v) is 20.7. The summed E-state index contributed by atoms with van der Waals surface area (Å²) in [7, 11) is 6.82. The van der Waals surface area contributed by atoms with Crippen molar-refractivity contribution in [1.29, 1.82) is 0 Å². The third-order valence-corrected chi connectivity index (χ3v) is 5.98. The van der Waals surface area contributed by atoms with E-state index >= 15 is 0 Å². The van der Waals surface area contributed by atoms with Crippen LogP contribution in [-0.4, -0.2) is 73.2 Å². The first-order chi connectivity index (χ1) is 16.3. The molecule has 0 bridgehead atoms. The second-order valence-electron chi connectivity index (χ2n) is 7.97. The van der Waals surface area contributed by atoms with Crippen molar-refractivity contribution >= 4 is 39.9 Å². The molecule has 1 aromatic heterocycles. The molecule has 1 atom stereocenters. The molecule has 1 amide bonds. The number of halogens is 2. The maximum atomic E-state index is 14.5. The molecule has 0 saturated carbocycles. The number of carbonyl (C=O) groups excluding carboxylic acids is 1. The van der Waals surface area contributed by atoms with Gasteiger partial charge in [0, 0.05) is 44.3 Å². The number of likely N-dealkylation sites (N-methyl/N-ethyl adjacent to an activating group) is 2. The molecule has 0 aliphatic rings. The molecule has 0 aliphatic carbocycles. The number of hydrogen-bond acceptors (Lipinski definition) is 7. The summed E-state index contributed by atoms with van der Waals surface area (Å²) in [5.74, 6) is 0.488. The number of rotatable bonds is 10. The Bertz CT molecular complexity index is 1160. The van der Waals surface area contributed by atoms with Gasteiger partial charge in [-0.3, -0.25) is 9.69 Å². The van der Waals surface area contributed by atoms with Crippen LogP contribution in [-0.2, 0) is 16.1 Å². The van der Waals surface area contributed by atoms with E-state index in [2.05, 4.69) is 15.3 Å². The van der Waals surface area contributed by atoms with Crippen LogP contribution in [0.2, 0.25) is 5.02 Å². The zero-order chi connectivity index (χ0) is 24.8. The number of benzene rings is 2. The van der Waals surface area contributed by atoms with Gasteiger partial charge >= 0.3 is 0 Å². The Labute approximate surface area is 203 Å². The zero-order valence-electron chi connectivity index (χ0n) is 19.9. The van der Waals surface area contributed by atoms with E-state index in [1.807, 2.05) is 24.9 Å². The number of nitrogens with zero attached hydrogens (tertiary/aromatic N) is 4. The molecule has 0 aliphatic heterocycles. The van der Waals surface area contributed by atoms with Gasteiger partial charge in [0.05, 0.1) is 36.0 Å². The minimum absolute atomic E-state index is 0.0126. The van der Waals surface area contributed by atoms with Gasteiger partial charge in [0.15, 0.2) is 5.82 Å². The standard InChI is InChI=1S/C24H29ClFN5O3/c1-15(24(32)30(2)9-10-33-4)31(3)13-16-11-17-20(12-21(16)34-5)27-14-28-23(17)29-19-8-6-7-18(25)22(19)26/h6-8,11-12,14-15H,9-10,13H2,1-5H3,(H,27,28,29)/t15-/m1/s1. The topological polar surface area (TPSA) is 79.8 Å². The molecule has 3 aromatic rings. The van der Waals surface area contributed by atoms with E-state index in [0.717, 1.165) is 5.56 Å². The fourth-order valence-corrected chi connectivity index (χ4v) is 3.70. The summed E-state index contributed by atoms with van der Waals surface area (Å²) in [4.78, 5) is 25.0. The molecule has 0 radical (unpaired) electrons. The molecule has 0 saturated heterocycles. The fraction of sp³-hybridized carbons (Fsp3) is 0.375. The number of aromatic nitrogens is 2. The molecule has 8 nitrogen and oxygen atoms in total. The van der Waals surface area contributed by atoms with E-state index in [-0.39, 0.29) is 22.7 Å². The van der Waals surface area contributed by atoms with Crippen molar-refractivity contribution in [3.8, 4) is 5.75 Å². The van der Waals surface area contributed by atoms with E-state index in [0.29, 0.717) is 42.2 Å². The first kappa shape index (κ1) is 25.6. The van der Waals surface area contributed by atoms with Crippen LogP contribution in [0, 0.1) is 5.82 Å². The largest absolute Gasteiger partial charge is 0.496 e. The average Bonchev–Trinajstić information content (AvgIpc) is 2.84. The third kappa shape index (κ3) is 5.72. The quantitative estimate of drug-likeness (QED) is 0.459. The number of nitrogens with one attached hydrogen (secondary N) is 1. The van der Waals surface area contributed by atoms with Crippen molar-refractivity contribution in [2.45, 2.75) is 19.5 Å². The Morgan fingerprint density at radius 1 is 1.24 bits per heavy atom. The highest BCUT2D eigenvalue weighted by molar-refractivity contribution is 6.31. The Hall–Kier alpha value is -3.01. The predicted molar refractivity (Wildman–Crippen MR) is 131 cm³/mol. The molecule has 3 rings (SSSR count). The molecule has 182 valence electrons. The lowest BCUT2D eigenvalue weighted by molar-refractivity contribution is -0.135. The lowest BCUT2D eigenvalue weighted by Gasteiger charge is -2.28. The fourth-order valence-electron chi connectivity index (χ4n) is 3.52. The summed E-state index contributed by atoms with van der Waals surface area (Å²) >= 11 is 5.92. The first-order valence-electron chi connectivity index (χ1n) is 10.7. The molecule has 0 spiro atoms. The second kappa shape index (κ2) is 11.4. The third-order valence-electron chi connectivity index (χ3n) is 5.69. The van der Waals surface area contributed by atoms with Crippen molar-refractivity contribution in [2.24, 2.45) is 0 Å². The van der Waals surface area contributed by atoms with Gasteiger partial charge in [-0.15, -0.1) is 0 Å². The van der Waals surface area contributed by atoms with Crippen molar-refractivity contribution in [2.75, 3.05) is 46.8 Å². The second-order valence-corrected chi connectivity index (χ2v) is 8.38. The molecule has 1 N–H and O–H groups in total. The smallest absolute Gasteiger partial charge is 0.239 e. The van der Waals surface area contributed by atoms with E-state index in [4.69, 9.17) is 21.1 Å². The average molecular weight is 490 g/mol. The van der Waals surface area contributed by atoms with Gasteiger partial charge in [0.25, 0.3) is 0 Å². The molecule has 0 unspecified atom stereocenters. The van der Waals surface area contributed by atoms with E-state index in [9.17, 15) is 9.18 Å². The lowest BCUT2D eigenvalue weighted by Crippen LogP contribution is -2.44. The van der Waals surface area contributed by atoms with E-state index in [1.54, 1.807) is 44.4 Å². The van der Waals surface area contributed by atoms with Gasteiger partial charge in [-0.25, -0.2) is 14.4 Å². The van der Waals surface area contributed by atoms with Crippen molar-refractivity contribution in [3.05, 3.63) is 53.1 Å². The molecule has 0 fully saturated rings. The first-order valence-corrected chi connectivity index (χ1v) is 11.1. The SMILES string of the molecule is COCCN(C)C(=O)[C@@H](C)N(C)Cc1cc2c(Nc3cccc(Cl)c3F)ncnc2cc1OC. The summed E-state index contributed by atoms with van der Waals surface area (Å²) in [6.07, 6.45) is 1.40. The lowest BCUT2D eigenvalue weighted by atomic mass is 10.1. The minimum Gasteiger partial charge on any atom is -0.496 e. The number of carbonyl (C=O) groups is 1. The summed E-state index contributed by atoms with van der Waals surface area (Å²) in [6.45, 7) is 3.28. The van der Waals surface area contributed by atoms with Crippen LogP contribution in [0.5, 0.6) is 5.75 Å². The summed E-state index contributed by atoms with van der Waals surface area (Å²) in [6, 6.07) is 8.04. The molecule has 2 aromatic carbocycles. The predicted octanol–water partition coefficient (Wildman–Crippen LogP) is 4.10. The Kier molecular flexibility index (Phi) is 8.60. The van der Waals surface area contributed by atoms with Crippen molar-refractivity contribution < 1.29 is 18.7 Å². The van der Waals surface area contributed by atoms with Crippen LogP contribution in [0.15, 0.2) is 36.7 Å². The van der Waals surface area contributed by atoms with Gasteiger partial charge in [0.1, 0.15) is 17.9 Å². The van der Waals surface area contributed by atoms with Gasteiger partial charge < -0.3 is 19.7 Å². The summed E-state index contributed by atoms with van der Waals surface area (Å²) in [5.41, 5.74) is 1.67. The minimum atomic E-state index is -0.561. The summed E-state index contributed by atoms with van der Waals surface area (Å²) in [5, 5.41) is 3.71. The number of anilines is 2. The molecular formula is C24H29ClFN5O3. The maximum absolute atomic E-state index is 14.5. The van der Waals surface area contributed by atoms with Gasteiger partial charge in [-0.2, -0.15) is 0 Å². The highest BCUT2D eigenvalue weighted by atomic mass is 35.5. The van der Waals surface area contributed by atoms with Crippen LogP contribution in [0.1, 0.15) is 12.5 Å². The van der Waals surface area contributed by atoms with Gasteiger partial charge in [-0.05, 0) is 32.2 Å². The van der Waals surface area contributed by atoms with Gasteiger partial charge in [0.2, 0.25) is 5.91 Å².